The van der Waals surface area contributed by atoms with Gasteiger partial charge in [0.05, 0.1) is 19.3 Å². The van der Waals surface area contributed by atoms with Crippen molar-refractivity contribution in [3.05, 3.63) is 28.2 Å². The second-order valence-electron chi connectivity index (χ2n) is 4.89. The second-order valence-corrected chi connectivity index (χ2v) is 5.77. The Labute approximate surface area is 133 Å². The minimum atomic E-state index is -0.203. The number of likely N-dealkylation sites (tertiary alicyclic amines) is 1. The van der Waals surface area contributed by atoms with Crippen molar-refractivity contribution in [2.45, 2.75) is 18.9 Å². The summed E-state index contributed by atoms with van der Waals surface area (Å²) in [5.41, 5.74) is 0.566. The maximum absolute atomic E-state index is 12.2. The third-order valence-corrected chi connectivity index (χ3v) is 3.66. The van der Waals surface area contributed by atoms with E-state index in [9.17, 15) is 4.79 Å². The number of carbonyl (C=O) groups excluding carboxylic acids is 1. The summed E-state index contributed by atoms with van der Waals surface area (Å²) < 4.78 is 5.49. The molecule has 7 heteroatoms. The maximum Gasteiger partial charge on any atom is 0.321 e. The molecule has 1 aromatic rings. The van der Waals surface area contributed by atoms with Crippen LogP contribution in [0.2, 0.25) is 10.0 Å². The van der Waals surface area contributed by atoms with Gasteiger partial charge in [-0.3, -0.25) is 0 Å². The minimum Gasteiger partial charge on any atom is -0.394 e. The predicted molar refractivity (Wildman–Crippen MR) is 83.1 cm³/mol. The zero-order valence-electron chi connectivity index (χ0n) is 11.5. The number of hydrogen-bond donors (Lipinski definition) is 2. The molecule has 1 aliphatic heterocycles. The highest BCUT2D eigenvalue weighted by molar-refractivity contribution is 6.35. The Kier molecular flexibility index (Phi) is 6.11. The lowest BCUT2D eigenvalue weighted by Crippen LogP contribution is -2.45. The van der Waals surface area contributed by atoms with Crippen molar-refractivity contribution in [2.75, 3.05) is 31.6 Å². The van der Waals surface area contributed by atoms with Crippen LogP contribution in [0, 0.1) is 0 Å². The van der Waals surface area contributed by atoms with Gasteiger partial charge in [-0.1, -0.05) is 23.2 Å². The Balaban J connectivity index is 1.93. The molecule has 0 saturated carbocycles. The van der Waals surface area contributed by atoms with Crippen molar-refractivity contribution in [1.29, 1.82) is 0 Å². The van der Waals surface area contributed by atoms with Crippen molar-refractivity contribution < 1.29 is 14.6 Å². The topological polar surface area (TPSA) is 61.8 Å². The number of ether oxygens (including phenoxy) is 1. The number of nitrogens with zero attached hydrogens (tertiary/aromatic N) is 1. The normalized spacial score (nSPS) is 18.6. The monoisotopic (exact) mass is 332 g/mol. The first-order chi connectivity index (χ1) is 10.1. The molecule has 116 valence electrons. The fourth-order valence-electron chi connectivity index (χ4n) is 2.31. The third kappa shape index (κ3) is 5.04. The number of halogens is 2. The average Bonchev–Trinajstić information content (AvgIpc) is 2.44. The molecule has 1 saturated heterocycles. The zero-order valence-corrected chi connectivity index (χ0v) is 13.0. The summed E-state index contributed by atoms with van der Waals surface area (Å²) >= 11 is 11.8. The molecule has 1 atom stereocenters. The summed E-state index contributed by atoms with van der Waals surface area (Å²) in [5.74, 6) is 0. The van der Waals surface area contributed by atoms with Crippen LogP contribution in [0.4, 0.5) is 10.5 Å². The van der Waals surface area contributed by atoms with Crippen LogP contribution in [0.5, 0.6) is 0 Å². The van der Waals surface area contributed by atoms with Gasteiger partial charge in [0.15, 0.2) is 0 Å². The average molecular weight is 333 g/mol. The summed E-state index contributed by atoms with van der Waals surface area (Å²) in [4.78, 5) is 13.9. The maximum atomic E-state index is 12.2. The fourth-order valence-corrected chi connectivity index (χ4v) is 2.83. The number of amides is 2. The number of benzene rings is 1. The van der Waals surface area contributed by atoms with Crippen molar-refractivity contribution in [3.8, 4) is 0 Å². The van der Waals surface area contributed by atoms with Crippen LogP contribution in [-0.2, 0) is 4.74 Å². The SMILES string of the molecule is O=C(Nc1cc(Cl)cc(Cl)c1)N1CCCC(OCCO)C1. The Morgan fingerprint density at radius 3 is 2.76 bits per heavy atom. The highest BCUT2D eigenvalue weighted by atomic mass is 35.5. The molecule has 2 N–H and O–H groups in total. The molecule has 0 bridgehead atoms. The smallest absolute Gasteiger partial charge is 0.321 e. The Bertz CT molecular complexity index is 479. The zero-order chi connectivity index (χ0) is 15.2. The van der Waals surface area contributed by atoms with Crippen molar-refractivity contribution >= 4 is 34.9 Å². The lowest BCUT2D eigenvalue weighted by molar-refractivity contribution is -0.00462. The van der Waals surface area contributed by atoms with Gasteiger partial charge in [-0.05, 0) is 31.0 Å². The van der Waals surface area contributed by atoms with Crippen LogP contribution in [0.15, 0.2) is 18.2 Å². The summed E-state index contributed by atoms with van der Waals surface area (Å²) in [6, 6.07) is 4.70. The van der Waals surface area contributed by atoms with Gasteiger partial charge in [-0.2, -0.15) is 0 Å². The quantitative estimate of drug-likeness (QED) is 0.890. The fraction of sp³-hybridized carbons (Fsp3) is 0.500. The lowest BCUT2D eigenvalue weighted by Gasteiger charge is -2.32. The van der Waals surface area contributed by atoms with Gasteiger partial charge in [0.1, 0.15) is 0 Å². The number of aliphatic hydroxyl groups is 1. The summed E-state index contributed by atoms with van der Waals surface area (Å²) in [6.45, 7) is 1.48. The first-order valence-corrected chi connectivity index (χ1v) is 7.58. The van der Waals surface area contributed by atoms with E-state index < -0.39 is 0 Å². The Hall–Kier alpha value is -1.01. The van der Waals surface area contributed by atoms with Crippen LogP contribution >= 0.6 is 23.2 Å². The molecule has 21 heavy (non-hydrogen) atoms. The van der Waals surface area contributed by atoms with Crippen molar-refractivity contribution in [2.24, 2.45) is 0 Å². The summed E-state index contributed by atoms with van der Waals surface area (Å²) in [7, 11) is 0. The van der Waals surface area contributed by atoms with E-state index in [0.717, 1.165) is 12.8 Å². The standard InChI is InChI=1S/C14H18Cl2N2O3/c15-10-6-11(16)8-12(7-10)17-14(20)18-3-1-2-13(9-18)21-5-4-19/h6-8,13,19H,1-5,9H2,(H,17,20). The second kappa shape index (κ2) is 7.84. The third-order valence-electron chi connectivity index (χ3n) is 3.22. The largest absolute Gasteiger partial charge is 0.394 e. The van der Waals surface area contributed by atoms with Crippen molar-refractivity contribution in [1.82, 2.24) is 4.90 Å². The van der Waals surface area contributed by atoms with Crippen LogP contribution in [0.1, 0.15) is 12.8 Å². The number of nitrogens with one attached hydrogen (secondary N) is 1. The van der Waals surface area contributed by atoms with Crippen molar-refractivity contribution in [3.63, 3.8) is 0 Å². The summed E-state index contributed by atoms with van der Waals surface area (Å²) in [6.07, 6.45) is 1.74. The van der Waals surface area contributed by atoms with E-state index in [2.05, 4.69) is 5.32 Å². The minimum absolute atomic E-state index is 0.0102. The number of urea groups is 1. The lowest BCUT2D eigenvalue weighted by atomic mass is 10.1. The number of carbonyl (C=O) groups is 1. The molecule has 2 amide bonds. The first kappa shape index (κ1) is 16.4. The van der Waals surface area contributed by atoms with Gasteiger partial charge in [0.2, 0.25) is 0 Å². The molecule has 0 spiro atoms. The number of aliphatic hydroxyl groups excluding tert-OH is 1. The highest BCUT2D eigenvalue weighted by Crippen LogP contribution is 2.23. The number of piperidine rings is 1. The van der Waals surface area contributed by atoms with Gasteiger partial charge in [-0.15, -0.1) is 0 Å². The predicted octanol–water partition coefficient (Wildman–Crippen LogP) is 3.00. The van der Waals surface area contributed by atoms with E-state index in [1.54, 1.807) is 23.1 Å². The molecule has 1 heterocycles. The molecule has 1 aromatic carbocycles. The molecule has 1 unspecified atom stereocenters. The van der Waals surface area contributed by atoms with E-state index in [1.165, 1.54) is 0 Å². The molecule has 0 aliphatic carbocycles. The summed E-state index contributed by atoms with van der Waals surface area (Å²) in [5, 5.41) is 12.5. The first-order valence-electron chi connectivity index (χ1n) is 6.83. The molecule has 1 fully saturated rings. The molecule has 5 nitrogen and oxygen atoms in total. The van der Waals surface area contributed by atoms with E-state index in [0.29, 0.717) is 35.4 Å². The number of anilines is 1. The molecule has 2 rings (SSSR count). The molecule has 1 aliphatic rings. The molecule has 0 aromatic heterocycles. The van der Waals surface area contributed by atoms with Gasteiger partial charge in [-0.25, -0.2) is 4.79 Å². The van der Waals surface area contributed by atoms with Crippen LogP contribution < -0.4 is 5.32 Å². The van der Waals surface area contributed by atoms with Gasteiger partial charge in [0.25, 0.3) is 0 Å². The van der Waals surface area contributed by atoms with Gasteiger partial charge in [0, 0.05) is 28.8 Å². The van der Waals surface area contributed by atoms with Gasteiger partial charge < -0.3 is 20.1 Å². The van der Waals surface area contributed by atoms with Crippen LogP contribution in [-0.4, -0.2) is 48.4 Å². The van der Waals surface area contributed by atoms with Crippen LogP contribution in [0.25, 0.3) is 0 Å². The number of rotatable bonds is 4. The van der Waals surface area contributed by atoms with E-state index in [1.807, 2.05) is 0 Å². The Morgan fingerprint density at radius 1 is 1.38 bits per heavy atom. The highest BCUT2D eigenvalue weighted by Gasteiger charge is 2.24. The van der Waals surface area contributed by atoms with E-state index in [4.69, 9.17) is 33.0 Å². The molecular weight excluding hydrogens is 315 g/mol. The Morgan fingerprint density at radius 2 is 2.10 bits per heavy atom. The molecular formula is C14H18Cl2N2O3. The van der Waals surface area contributed by atoms with Crippen LogP contribution in [0.3, 0.4) is 0 Å². The number of hydrogen-bond acceptors (Lipinski definition) is 3. The van der Waals surface area contributed by atoms with E-state index in [-0.39, 0.29) is 18.7 Å². The molecule has 0 radical (unpaired) electrons. The van der Waals surface area contributed by atoms with E-state index >= 15 is 0 Å². The van der Waals surface area contributed by atoms with Gasteiger partial charge >= 0.3 is 6.03 Å².